The molecule has 1 N–H and O–H groups in total. The van der Waals surface area contributed by atoms with E-state index in [1.807, 2.05) is 12.1 Å². The summed E-state index contributed by atoms with van der Waals surface area (Å²) in [4.78, 5) is 23.5. The van der Waals surface area contributed by atoms with Crippen molar-refractivity contribution < 1.29 is 18.4 Å². The summed E-state index contributed by atoms with van der Waals surface area (Å²) in [7, 11) is 0. The number of nitrogens with one attached hydrogen (secondary N) is 1. The molecule has 1 amide bonds. The van der Waals surface area contributed by atoms with Gasteiger partial charge in [0.05, 0.1) is 0 Å². The summed E-state index contributed by atoms with van der Waals surface area (Å²) in [6.45, 7) is 0.525. The molecule has 0 atom stereocenters. The van der Waals surface area contributed by atoms with E-state index < -0.39 is 11.8 Å². The van der Waals surface area contributed by atoms with Crippen molar-refractivity contribution in [3.8, 4) is 11.1 Å². The normalized spacial score (nSPS) is 12.8. The summed E-state index contributed by atoms with van der Waals surface area (Å²) in [5.41, 5.74) is 2.74. The minimum atomic E-state index is -3.47. The molecule has 5 heteroatoms. The topological polar surface area (TPSA) is 46.2 Å². The zero-order valence-electron chi connectivity index (χ0n) is 11.1. The lowest BCUT2D eigenvalue weighted by Crippen LogP contribution is -2.31. The Balaban J connectivity index is 1.98. The molecule has 0 heterocycles. The van der Waals surface area contributed by atoms with Gasteiger partial charge in [-0.3, -0.25) is 9.59 Å². The van der Waals surface area contributed by atoms with Gasteiger partial charge in [-0.25, -0.2) is 0 Å². The second-order valence-electron chi connectivity index (χ2n) is 4.98. The van der Waals surface area contributed by atoms with Crippen molar-refractivity contribution >= 4 is 17.4 Å². The summed E-state index contributed by atoms with van der Waals surface area (Å²) in [5.74, 6) is -5.03. The first-order valence-electron chi connectivity index (χ1n) is 6.35. The maximum absolute atomic E-state index is 12.9. The molecule has 2 aromatic rings. The van der Waals surface area contributed by atoms with Crippen LogP contribution >= 0.6 is 0 Å². The smallest absolute Gasteiger partial charge is 0.321 e. The van der Waals surface area contributed by atoms with Gasteiger partial charge in [-0.1, -0.05) is 30.3 Å². The van der Waals surface area contributed by atoms with E-state index in [0.717, 1.165) is 11.1 Å². The Labute approximate surface area is 119 Å². The molecular formula is C16H11F2NO2. The van der Waals surface area contributed by atoms with Crippen molar-refractivity contribution in [3.63, 3.8) is 0 Å². The number of anilines is 1. The maximum atomic E-state index is 12.9. The molecule has 0 aromatic heterocycles. The molecule has 1 aliphatic carbocycles. The lowest BCUT2D eigenvalue weighted by molar-refractivity contribution is -0.137. The van der Waals surface area contributed by atoms with Crippen molar-refractivity contribution in [2.24, 2.45) is 0 Å². The minimum absolute atomic E-state index is 0.167. The van der Waals surface area contributed by atoms with Crippen molar-refractivity contribution in [1.82, 2.24) is 0 Å². The zero-order chi connectivity index (χ0) is 15.2. The van der Waals surface area contributed by atoms with Crippen molar-refractivity contribution in [1.29, 1.82) is 0 Å². The number of halogens is 2. The van der Waals surface area contributed by atoms with E-state index in [-0.39, 0.29) is 11.5 Å². The van der Waals surface area contributed by atoms with E-state index in [4.69, 9.17) is 0 Å². The summed E-state index contributed by atoms with van der Waals surface area (Å²) in [5, 5.41) is 2.12. The Hall–Kier alpha value is -2.56. The Morgan fingerprint density at radius 1 is 1.00 bits per heavy atom. The van der Waals surface area contributed by atoms with Crippen LogP contribution in [0.3, 0.4) is 0 Å². The highest BCUT2D eigenvalue weighted by atomic mass is 19.3. The number of alkyl halides is 2. The average Bonchev–Trinajstić information content (AvgIpc) is 2.72. The molecule has 0 saturated carbocycles. The Bertz CT molecular complexity index is 763. The molecule has 0 radical (unpaired) electrons. The number of fused-ring (bicyclic) bond motifs is 3. The van der Waals surface area contributed by atoms with Crippen LogP contribution < -0.4 is 5.32 Å². The summed E-state index contributed by atoms with van der Waals surface area (Å²) < 4.78 is 25.8. The number of carbonyl (C=O) groups excluding carboxylic acids is 2. The van der Waals surface area contributed by atoms with Crippen LogP contribution in [0.25, 0.3) is 11.1 Å². The fraction of sp³-hybridized carbons (Fsp3) is 0.125. The van der Waals surface area contributed by atoms with Gasteiger partial charge in [-0.2, -0.15) is 8.78 Å². The van der Waals surface area contributed by atoms with Gasteiger partial charge >= 0.3 is 5.92 Å². The van der Waals surface area contributed by atoms with Crippen molar-refractivity contribution in [3.05, 3.63) is 53.6 Å². The van der Waals surface area contributed by atoms with Gasteiger partial charge in [-0.05, 0) is 23.3 Å². The molecule has 0 aliphatic heterocycles. The molecule has 106 valence electrons. The highest BCUT2D eigenvalue weighted by Gasteiger charge is 2.33. The third kappa shape index (κ3) is 2.20. The van der Waals surface area contributed by atoms with Crippen molar-refractivity contribution in [2.75, 3.05) is 5.32 Å². The molecule has 2 aromatic carbocycles. The third-order valence-corrected chi connectivity index (χ3v) is 3.38. The van der Waals surface area contributed by atoms with Gasteiger partial charge in [0.25, 0.3) is 5.91 Å². The van der Waals surface area contributed by atoms with Crippen LogP contribution in [0.4, 0.5) is 14.5 Å². The number of benzene rings is 2. The summed E-state index contributed by atoms with van der Waals surface area (Å²) >= 11 is 0. The highest BCUT2D eigenvalue weighted by molar-refractivity contribution is 6.22. The number of hydrogen-bond donors (Lipinski definition) is 1. The standard InChI is InChI=1S/C16H11F2NO2/c1-16(17,18)15(21)19-9-6-7-11-10-4-2-3-5-12(10)14(20)13(11)8-9/h2-8H,1H3,(H,19,21). The molecule has 21 heavy (non-hydrogen) atoms. The maximum Gasteiger partial charge on any atom is 0.322 e. The van der Waals surface area contributed by atoms with Crippen LogP contribution in [0.2, 0.25) is 0 Å². The molecule has 3 rings (SSSR count). The van der Waals surface area contributed by atoms with Gasteiger partial charge < -0.3 is 5.32 Å². The van der Waals surface area contributed by atoms with Gasteiger partial charge in [-0.15, -0.1) is 0 Å². The summed E-state index contributed by atoms with van der Waals surface area (Å²) in [6.07, 6.45) is 0. The number of rotatable bonds is 2. The van der Waals surface area contributed by atoms with Crippen LogP contribution in [0.15, 0.2) is 42.5 Å². The van der Waals surface area contributed by atoms with E-state index in [0.29, 0.717) is 18.1 Å². The Morgan fingerprint density at radius 3 is 2.29 bits per heavy atom. The molecule has 1 aliphatic rings. The van der Waals surface area contributed by atoms with Crippen LogP contribution in [-0.2, 0) is 4.79 Å². The predicted octanol–water partition coefficient (Wildman–Crippen LogP) is 3.49. The Morgan fingerprint density at radius 2 is 1.62 bits per heavy atom. The van der Waals surface area contributed by atoms with E-state index in [2.05, 4.69) is 5.32 Å². The first-order valence-corrected chi connectivity index (χ1v) is 6.35. The highest BCUT2D eigenvalue weighted by Crippen LogP contribution is 2.37. The quantitative estimate of drug-likeness (QED) is 0.784. The van der Waals surface area contributed by atoms with E-state index in [9.17, 15) is 18.4 Å². The predicted molar refractivity (Wildman–Crippen MR) is 74.6 cm³/mol. The molecule has 0 fully saturated rings. The number of amides is 1. The van der Waals surface area contributed by atoms with Crippen molar-refractivity contribution in [2.45, 2.75) is 12.8 Å². The first-order chi connectivity index (χ1) is 9.88. The lowest BCUT2D eigenvalue weighted by atomic mass is 10.1. The van der Waals surface area contributed by atoms with Gasteiger partial charge in [0.2, 0.25) is 0 Å². The van der Waals surface area contributed by atoms with E-state index in [1.165, 1.54) is 12.1 Å². The van der Waals surface area contributed by atoms with E-state index in [1.54, 1.807) is 18.2 Å². The Kier molecular flexibility index (Phi) is 2.86. The molecule has 3 nitrogen and oxygen atoms in total. The summed E-state index contributed by atoms with van der Waals surface area (Å²) in [6, 6.07) is 11.7. The molecule has 0 spiro atoms. The number of ketones is 1. The number of hydrogen-bond acceptors (Lipinski definition) is 2. The van der Waals surface area contributed by atoms with Gasteiger partial charge in [0, 0.05) is 23.7 Å². The number of carbonyl (C=O) groups is 2. The van der Waals surface area contributed by atoms with Gasteiger partial charge in [0.15, 0.2) is 5.78 Å². The second-order valence-corrected chi connectivity index (χ2v) is 4.98. The van der Waals surface area contributed by atoms with E-state index >= 15 is 0 Å². The fourth-order valence-electron chi connectivity index (χ4n) is 2.35. The monoisotopic (exact) mass is 287 g/mol. The second kappa shape index (κ2) is 4.48. The zero-order valence-corrected chi connectivity index (χ0v) is 11.1. The SMILES string of the molecule is CC(F)(F)C(=O)Nc1ccc2c(c1)C(=O)c1ccccc1-2. The average molecular weight is 287 g/mol. The largest absolute Gasteiger partial charge is 0.322 e. The molecule has 0 saturated heterocycles. The van der Waals surface area contributed by atoms with Crippen LogP contribution in [0.1, 0.15) is 22.8 Å². The fourth-order valence-corrected chi connectivity index (χ4v) is 2.35. The first kappa shape index (κ1) is 13.4. The third-order valence-electron chi connectivity index (χ3n) is 3.38. The minimum Gasteiger partial charge on any atom is -0.321 e. The molecule has 0 bridgehead atoms. The van der Waals surface area contributed by atoms with Crippen LogP contribution in [-0.4, -0.2) is 17.6 Å². The lowest BCUT2D eigenvalue weighted by Gasteiger charge is -2.11. The van der Waals surface area contributed by atoms with Crippen LogP contribution in [0, 0.1) is 0 Å². The van der Waals surface area contributed by atoms with Gasteiger partial charge in [0.1, 0.15) is 0 Å². The van der Waals surface area contributed by atoms with Crippen LogP contribution in [0.5, 0.6) is 0 Å². The molecule has 0 unspecified atom stereocenters. The molecular weight excluding hydrogens is 276 g/mol.